The van der Waals surface area contributed by atoms with Crippen LogP contribution in [0.5, 0.6) is 0 Å². The third-order valence-corrected chi connectivity index (χ3v) is 3.23. The van der Waals surface area contributed by atoms with Crippen LogP contribution in [0, 0.1) is 0 Å². The molecule has 0 fully saturated rings. The monoisotopic (exact) mass is 242 g/mol. The number of ether oxygens (including phenoxy) is 1. The van der Waals surface area contributed by atoms with Crippen LogP contribution in [0.15, 0.2) is 54.1 Å². The lowest BCUT2D eigenvalue weighted by Crippen LogP contribution is -2.11. The summed E-state index contributed by atoms with van der Waals surface area (Å²) < 4.78 is 4.80. The van der Waals surface area contributed by atoms with E-state index >= 15 is 0 Å². The van der Waals surface area contributed by atoms with Crippen molar-refractivity contribution >= 4 is 5.97 Å². The number of esters is 1. The summed E-state index contributed by atoms with van der Waals surface area (Å²) in [7, 11) is 1.44. The second kappa shape index (κ2) is 6.20. The van der Waals surface area contributed by atoms with Crippen molar-refractivity contribution in [1.82, 2.24) is 0 Å². The predicted molar refractivity (Wildman–Crippen MR) is 72.3 cm³/mol. The summed E-state index contributed by atoms with van der Waals surface area (Å²) in [6.07, 6.45) is 9.06. The summed E-state index contributed by atoms with van der Waals surface area (Å²) in [6.45, 7) is 0. The van der Waals surface area contributed by atoms with E-state index in [2.05, 4.69) is 30.4 Å². The van der Waals surface area contributed by atoms with Gasteiger partial charge in [-0.1, -0.05) is 48.6 Å². The topological polar surface area (TPSA) is 26.3 Å². The third-order valence-electron chi connectivity index (χ3n) is 3.23. The number of rotatable bonds is 4. The van der Waals surface area contributed by atoms with E-state index in [1.54, 1.807) is 0 Å². The van der Waals surface area contributed by atoms with E-state index in [0.717, 1.165) is 12.8 Å². The fraction of sp³-hybridized carbons (Fsp3) is 0.312. The lowest BCUT2D eigenvalue weighted by atomic mass is 9.85. The molecule has 0 radical (unpaired) electrons. The van der Waals surface area contributed by atoms with Crippen LogP contribution in [-0.4, -0.2) is 13.1 Å². The van der Waals surface area contributed by atoms with Crippen molar-refractivity contribution in [3.8, 4) is 0 Å². The molecule has 18 heavy (non-hydrogen) atoms. The van der Waals surface area contributed by atoms with Crippen molar-refractivity contribution in [2.75, 3.05) is 7.11 Å². The lowest BCUT2D eigenvalue weighted by Gasteiger charge is -2.19. The SMILES string of the molecule is COC(=O)CC(C1=CCCC=C1)c1ccccc1. The van der Waals surface area contributed by atoms with Crippen LogP contribution in [0.1, 0.15) is 30.7 Å². The van der Waals surface area contributed by atoms with Crippen molar-refractivity contribution in [2.45, 2.75) is 25.2 Å². The molecule has 0 aromatic heterocycles. The quantitative estimate of drug-likeness (QED) is 0.754. The largest absolute Gasteiger partial charge is 0.469 e. The average molecular weight is 242 g/mol. The molecule has 1 aromatic rings. The van der Waals surface area contributed by atoms with Crippen molar-refractivity contribution < 1.29 is 9.53 Å². The third kappa shape index (κ3) is 3.10. The Morgan fingerprint density at radius 2 is 2.06 bits per heavy atom. The molecule has 2 heteroatoms. The minimum Gasteiger partial charge on any atom is -0.469 e. The van der Waals surface area contributed by atoms with Crippen LogP contribution in [-0.2, 0) is 9.53 Å². The van der Waals surface area contributed by atoms with Crippen LogP contribution < -0.4 is 0 Å². The van der Waals surface area contributed by atoms with Crippen LogP contribution in [0.25, 0.3) is 0 Å². The maximum atomic E-state index is 11.6. The number of carbonyl (C=O) groups excluding carboxylic acids is 1. The molecule has 0 heterocycles. The van der Waals surface area contributed by atoms with E-state index in [-0.39, 0.29) is 11.9 Å². The molecule has 1 aliphatic carbocycles. The minimum absolute atomic E-state index is 0.107. The minimum atomic E-state index is -0.163. The van der Waals surface area contributed by atoms with Gasteiger partial charge in [0.25, 0.3) is 0 Å². The van der Waals surface area contributed by atoms with E-state index in [1.165, 1.54) is 18.2 Å². The average Bonchev–Trinajstić information content (AvgIpc) is 2.46. The summed E-state index contributed by atoms with van der Waals surface area (Å²) in [5.74, 6) is -0.0565. The first-order valence-corrected chi connectivity index (χ1v) is 6.29. The molecule has 0 spiro atoms. The van der Waals surface area contributed by atoms with Gasteiger partial charge in [-0.05, 0) is 24.0 Å². The van der Waals surface area contributed by atoms with Crippen LogP contribution >= 0.6 is 0 Å². The number of benzene rings is 1. The van der Waals surface area contributed by atoms with E-state index in [9.17, 15) is 4.79 Å². The fourth-order valence-electron chi connectivity index (χ4n) is 2.26. The van der Waals surface area contributed by atoms with Gasteiger partial charge in [-0.3, -0.25) is 4.79 Å². The van der Waals surface area contributed by atoms with Gasteiger partial charge in [-0.2, -0.15) is 0 Å². The first-order chi connectivity index (χ1) is 8.81. The van der Waals surface area contributed by atoms with Crippen LogP contribution in [0.4, 0.5) is 0 Å². The molecule has 0 saturated carbocycles. The highest BCUT2D eigenvalue weighted by atomic mass is 16.5. The van der Waals surface area contributed by atoms with Crippen molar-refractivity contribution in [2.24, 2.45) is 0 Å². The van der Waals surface area contributed by atoms with Gasteiger partial charge in [0.2, 0.25) is 0 Å². The van der Waals surface area contributed by atoms with E-state index in [4.69, 9.17) is 4.74 Å². The van der Waals surface area contributed by atoms with E-state index in [0.29, 0.717) is 6.42 Å². The highest BCUT2D eigenvalue weighted by Crippen LogP contribution is 2.31. The zero-order valence-corrected chi connectivity index (χ0v) is 10.6. The lowest BCUT2D eigenvalue weighted by molar-refractivity contribution is -0.140. The Kier molecular flexibility index (Phi) is 4.35. The summed E-state index contributed by atoms with van der Waals surface area (Å²) in [4.78, 5) is 11.6. The predicted octanol–water partition coefficient (Wildman–Crippen LogP) is 3.61. The van der Waals surface area contributed by atoms with E-state index in [1.807, 2.05) is 18.2 Å². The van der Waals surface area contributed by atoms with Gasteiger partial charge in [0.05, 0.1) is 13.5 Å². The van der Waals surface area contributed by atoms with Crippen molar-refractivity contribution in [3.05, 3.63) is 59.7 Å². The first-order valence-electron chi connectivity index (χ1n) is 6.29. The Labute approximate surface area is 108 Å². The number of hydrogen-bond acceptors (Lipinski definition) is 2. The molecule has 0 saturated heterocycles. The highest BCUT2D eigenvalue weighted by molar-refractivity contribution is 5.71. The summed E-state index contributed by atoms with van der Waals surface area (Å²) in [5.41, 5.74) is 2.39. The Hall–Kier alpha value is -1.83. The molecule has 1 aliphatic rings. The molecular formula is C16H18O2. The molecule has 0 amide bonds. The first kappa shape index (κ1) is 12.6. The summed E-state index contributed by atoms with van der Waals surface area (Å²) in [6, 6.07) is 10.1. The second-order valence-electron chi connectivity index (χ2n) is 4.43. The van der Waals surface area contributed by atoms with Gasteiger partial charge in [0.1, 0.15) is 0 Å². The van der Waals surface area contributed by atoms with Crippen LogP contribution in [0.3, 0.4) is 0 Å². The van der Waals surface area contributed by atoms with Crippen molar-refractivity contribution in [3.63, 3.8) is 0 Å². The standard InChI is InChI=1S/C16H18O2/c1-18-16(17)12-15(13-8-4-2-5-9-13)14-10-6-3-7-11-14/h2,4-6,8-11,15H,3,7,12H2,1H3. The molecule has 94 valence electrons. The normalized spacial score (nSPS) is 15.9. The molecule has 0 N–H and O–H groups in total. The Balaban J connectivity index is 2.25. The zero-order valence-electron chi connectivity index (χ0n) is 10.6. The molecule has 1 atom stereocenters. The zero-order chi connectivity index (χ0) is 12.8. The number of methoxy groups -OCH3 is 1. The molecule has 0 bridgehead atoms. The second-order valence-corrected chi connectivity index (χ2v) is 4.43. The molecule has 1 aromatic carbocycles. The maximum Gasteiger partial charge on any atom is 0.306 e. The molecule has 2 nitrogen and oxygen atoms in total. The van der Waals surface area contributed by atoms with Gasteiger partial charge in [-0.25, -0.2) is 0 Å². The van der Waals surface area contributed by atoms with Gasteiger partial charge in [-0.15, -0.1) is 0 Å². The van der Waals surface area contributed by atoms with Gasteiger partial charge in [0, 0.05) is 5.92 Å². The van der Waals surface area contributed by atoms with E-state index < -0.39 is 0 Å². The molecule has 0 aliphatic heterocycles. The highest BCUT2D eigenvalue weighted by Gasteiger charge is 2.19. The summed E-state index contributed by atoms with van der Waals surface area (Å²) >= 11 is 0. The number of allylic oxidation sites excluding steroid dienone is 4. The molecule has 1 unspecified atom stereocenters. The Bertz CT molecular complexity index is 457. The smallest absolute Gasteiger partial charge is 0.306 e. The fourth-order valence-corrected chi connectivity index (χ4v) is 2.26. The van der Waals surface area contributed by atoms with Gasteiger partial charge < -0.3 is 4.74 Å². The Morgan fingerprint density at radius 1 is 1.28 bits per heavy atom. The molecular weight excluding hydrogens is 224 g/mol. The Morgan fingerprint density at radius 3 is 2.67 bits per heavy atom. The number of hydrogen-bond donors (Lipinski definition) is 0. The van der Waals surface area contributed by atoms with Crippen molar-refractivity contribution in [1.29, 1.82) is 0 Å². The van der Waals surface area contributed by atoms with Gasteiger partial charge in [0.15, 0.2) is 0 Å². The number of carbonyl (C=O) groups is 1. The summed E-state index contributed by atoms with van der Waals surface area (Å²) in [5, 5.41) is 0. The van der Waals surface area contributed by atoms with Crippen LogP contribution in [0.2, 0.25) is 0 Å². The van der Waals surface area contributed by atoms with Gasteiger partial charge >= 0.3 is 5.97 Å². The maximum absolute atomic E-state index is 11.6. The molecule has 2 rings (SSSR count).